The number of aliphatic imine (C=N–C) groups is 1. The van der Waals surface area contributed by atoms with Crippen LogP contribution in [0.2, 0.25) is 0 Å². The maximum Gasteiger partial charge on any atom is 0.193 e. The van der Waals surface area contributed by atoms with E-state index >= 15 is 0 Å². The number of nitrogens with two attached hydrogens (primary N) is 1. The third-order valence-electron chi connectivity index (χ3n) is 2.88. The Hall–Kier alpha value is -1.71. The Labute approximate surface area is 102 Å². The number of ether oxygens (including phenoxy) is 1. The third kappa shape index (κ3) is 3.98. The van der Waals surface area contributed by atoms with Crippen LogP contribution in [0.15, 0.2) is 29.3 Å². The largest absolute Gasteiger partial charge is 0.497 e. The minimum Gasteiger partial charge on any atom is -0.497 e. The summed E-state index contributed by atoms with van der Waals surface area (Å²) in [5.74, 6) is 2.21. The second kappa shape index (κ2) is 5.57. The van der Waals surface area contributed by atoms with Crippen molar-refractivity contribution in [1.82, 2.24) is 0 Å². The standard InChI is InChI=1S/C13H19N3O/c1-17-12-6-4-11(5-7-12)16-13(14)15-9-8-10-2-3-10/h4-7,10H,2-3,8-9H2,1H3,(H3,14,15,16). The number of nitrogens with zero attached hydrogens (tertiary/aromatic N) is 1. The van der Waals surface area contributed by atoms with Crippen LogP contribution in [-0.4, -0.2) is 19.6 Å². The molecule has 92 valence electrons. The van der Waals surface area contributed by atoms with Gasteiger partial charge in [-0.3, -0.25) is 4.99 Å². The summed E-state index contributed by atoms with van der Waals surface area (Å²) in [6.07, 6.45) is 3.88. The van der Waals surface area contributed by atoms with E-state index in [1.54, 1.807) is 7.11 Å². The van der Waals surface area contributed by atoms with Gasteiger partial charge in [-0.2, -0.15) is 0 Å². The summed E-state index contributed by atoms with van der Waals surface area (Å²) in [5.41, 5.74) is 6.72. The molecular formula is C13H19N3O. The number of hydrogen-bond acceptors (Lipinski definition) is 2. The van der Waals surface area contributed by atoms with E-state index in [9.17, 15) is 0 Å². The van der Waals surface area contributed by atoms with Gasteiger partial charge in [0.05, 0.1) is 7.11 Å². The summed E-state index contributed by atoms with van der Waals surface area (Å²) in [4.78, 5) is 4.29. The van der Waals surface area contributed by atoms with Crippen LogP contribution >= 0.6 is 0 Å². The van der Waals surface area contributed by atoms with Gasteiger partial charge in [-0.15, -0.1) is 0 Å². The first-order valence-corrected chi connectivity index (χ1v) is 5.99. The summed E-state index contributed by atoms with van der Waals surface area (Å²) in [6.45, 7) is 0.819. The van der Waals surface area contributed by atoms with Crippen molar-refractivity contribution in [2.24, 2.45) is 16.6 Å². The summed E-state index contributed by atoms with van der Waals surface area (Å²) in [6, 6.07) is 7.61. The molecule has 3 N–H and O–H groups in total. The fourth-order valence-electron chi connectivity index (χ4n) is 1.64. The van der Waals surface area contributed by atoms with Crippen LogP contribution in [-0.2, 0) is 0 Å². The van der Waals surface area contributed by atoms with Crippen molar-refractivity contribution in [2.75, 3.05) is 19.0 Å². The lowest BCUT2D eigenvalue weighted by Gasteiger charge is -2.06. The van der Waals surface area contributed by atoms with E-state index in [1.807, 2.05) is 24.3 Å². The molecule has 1 aromatic rings. The van der Waals surface area contributed by atoms with Crippen molar-refractivity contribution >= 4 is 11.6 Å². The highest BCUT2D eigenvalue weighted by molar-refractivity contribution is 5.92. The van der Waals surface area contributed by atoms with Gasteiger partial charge in [-0.25, -0.2) is 0 Å². The minimum absolute atomic E-state index is 0.482. The number of methoxy groups -OCH3 is 1. The lowest BCUT2D eigenvalue weighted by molar-refractivity contribution is 0.415. The zero-order chi connectivity index (χ0) is 12.1. The Balaban J connectivity index is 1.80. The maximum atomic E-state index is 5.79. The fraction of sp³-hybridized carbons (Fsp3) is 0.462. The van der Waals surface area contributed by atoms with E-state index in [0.717, 1.165) is 30.3 Å². The summed E-state index contributed by atoms with van der Waals surface area (Å²) >= 11 is 0. The SMILES string of the molecule is COc1ccc(NC(N)=NCCC2CC2)cc1. The van der Waals surface area contributed by atoms with Crippen molar-refractivity contribution in [3.05, 3.63) is 24.3 Å². The molecule has 0 heterocycles. The van der Waals surface area contributed by atoms with E-state index < -0.39 is 0 Å². The monoisotopic (exact) mass is 233 g/mol. The Morgan fingerprint density at radius 3 is 2.71 bits per heavy atom. The molecule has 4 heteroatoms. The molecule has 1 fully saturated rings. The highest BCUT2D eigenvalue weighted by atomic mass is 16.5. The highest BCUT2D eigenvalue weighted by Gasteiger charge is 2.19. The van der Waals surface area contributed by atoms with Crippen LogP contribution < -0.4 is 15.8 Å². The Morgan fingerprint density at radius 2 is 2.12 bits per heavy atom. The average Bonchev–Trinajstić information content (AvgIpc) is 3.14. The highest BCUT2D eigenvalue weighted by Crippen LogP contribution is 2.32. The molecule has 0 aliphatic heterocycles. The number of benzene rings is 1. The summed E-state index contributed by atoms with van der Waals surface area (Å²) in [5, 5.41) is 3.06. The van der Waals surface area contributed by atoms with Crippen LogP contribution in [0, 0.1) is 5.92 Å². The topological polar surface area (TPSA) is 59.6 Å². The van der Waals surface area contributed by atoms with Gasteiger partial charge in [0.25, 0.3) is 0 Å². The van der Waals surface area contributed by atoms with E-state index in [4.69, 9.17) is 10.5 Å². The van der Waals surface area contributed by atoms with Crippen LogP contribution in [0.25, 0.3) is 0 Å². The first-order chi connectivity index (χ1) is 8.28. The molecular weight excluding hydrogens is 214 g/mol. The molecule has 1 saturated carbocycles. The fourth-order valence-corrected chi connectivity index (χ4v) is 1.64. The van der Waals surface area contributed by atoms with E-state index in [1.165, 1.54) is 12.8 Å². The molecule has 0 unspecified atom stereocenters. The van der Waals surface area contributed by atoms with Crippen molar-refractivity contribution in [2.45, 2.75) is 19.3 Å². The molecule has 0 amide bonds. The number of anilines is 1. The van der Waals surface area contributed by atoms with Gasteiger partial charge < -0.3 is 15.8 Å². The number of nitrogens with one attached hydrogen (secondary N) is 1. The average molecular weight is 233 g/mol. The van der Waals surface area contributed by atoms with Gasteiger partial charge in [0.15, 0.2) is 5.96 Å². The molecule has 1 aliphatic rings. The molecule has 4 nitrogen and oxygen atoms in total. The zero-order valence-electron chi connectivity index (χ0n) is 10.1. The Kier molecular flexibility index (Phi) is 3.85. The van der Waals surface area contributed by atoms with Crippen LogP contribution in [0.4, 0.5) is 5.69 Å². The van der Waals surface area contributed by atoms with Crippen molar-refractivity contribution in [1.29, 1.82) is 0 Å². The third-order valence-corrected chi connectivity index (χ3v) is 2.88. The molecule has 0 atom stereocenters. The lowest BCUT2D eigenvalue weighted by atomic mass is 10.3. The molecule has 0 radical (unpaired) electrons. The maximum absolute atomic E-state index is 5.79. The minimum atomic E-state index is 0.482. The van der Waals surface area contributed by atoms with E-state index in [-0.39, 0.29) is 0 Å². The second-order valence-electron chi connectivity index (χ2n) is 4.35. The number of guanidine groups is 1. The van der Waals surface area contributed by atoms with Crippen LogP contribution in [0.5, 0.6) is 5.75 Å². The van der Waals surface area contributed by atoms with Crippen molar-refractivity contribution in [3.63, 3.8) is 0 Å². The molecule has 17 heavy (non-hydrogen) atoms. The van der Waals surface area contributed by atoms with Gasteiger partial charge in [-0.05, 0) is 36.6 Å². The van der Waals surface area contributed by atoms with Gasteiger partial charge in [-0.1, -0.05) is 12.8 Å². The lowest BCUT2D eigenvalue weighted by Crippen LogP contribution is -2.22. The smallest absolute Gasteiger partial charge is 0.193 e. The molecule has 0 spiro atoms. The summed E-state index contributed by atoms with van der Waals surface area (Å²) in [7, 11) is 1.65. The van der Waals surface area contributed by atoms with Crippen LogP contribution in [0.1, 0.15) is 19.3 Å². The normalized spacial score (nSPS) is 15.7. The Bertz CT molecular complexity index is 382. The molecule has 1 aliphatic carbocycles. The number of rotatable bonds is 5. The van der Waals surface area contributed by atoms with Crippen LogP contribution in [0.3, 0.4) is 0 Å². The molecule has 2 rings (SSSR count). The van der Waals surface area contributed by atoms with E-state index in [2.05, 4.69) is 10.3 Å². The molecule has 0 aromatic heterocycles. The van der Waals surface area contributed by atoms with Crippen molar-refractivity contribution < 1.29 is 4.74 Å². The predicted octanol–water partition coefficient (Wildman–Crippen LogP) is 2.22. The van der Waals surface area contributed by atoms with Gasteiger partial charge in [0, 0.05) is 12.2 Å². The second-order valence-corrected chi connectivity index (χ2v) is 4.35. The first-order valence-electron chi connectivity index (χ1n) is 5.99. The predicted molar refractivity (Wildman–Crippen MR) is 70.4 cm³/mol. The number of hydrogen-bond donors (Lipinski definition) is 2. The van der Waals surface area contributed by atoms with E-state index in [0.29, 0.717) is 5.96 Å². The molecule has 1 aromatic carbocycles. The van der Waals surface area contributed by atoms with Gasteiger partial charge in [0.2, 0.25) is 0 Å². The van der Waals surface area contributed by atoms with Gasteiger partial charge >= 0.3 is 0 Å². The van der Waals surface area contributed by atoms with Crippen molar-refractivity contribution in [3.8, 4) is 5.75 Å². The molecule has 0 bridgehead atoms. The molecule has 0 saturated heterocycles. The first kappa shape index (κ1) is 11.8. The Morgan fingerprint density at radius 1 is 1.41 bits per heavy atom. The quantitative estimate of drug-likeness (QED) is 0.605. The zero-order valence-corrected chi connectivity index (χ0v) is 10.1. The summed E-state index contributed by atoms with van der Waals surface area (Å²) < 4.78 is 5.08. The van der Waals surface area contributed by atoms with Gasteiger partial charge in [0.1, 0.15) is 5.75 Å².